The highest BCUT2D eigenvalue weighted by atomic mass is 16.6. The molecule has 6 nitrogen and oxygen atoms in total. The van der Waals surface area contributed by atoms with Crippen LogP contribution in [0.4, 0.5) is 4.79 Å². The van der Waals surface area contributed by atoms with Gasteiger partial charge < -0.3 is 20.1 Å². The van der Waals surface area contributed by atoms with Gasteiger partial charge in [-0.2, -0.15) is 0 Å². The Kier molecular flexibility index (Phi) is 9.51. The number of hydrogen-bond donors (Lipinski definition) is 1. The maximum absolute atomic E-state index is 11.8. The molecule has 1 fully saturated rings. The normalized spacial score (nSPS) is 14.2. The molecular formula is C26H39N3O3. The summed E-state index contributed by atoms with van der Waals surface area (Å²) in [5, 5.41) is 0. The highest BCUT2D eigenvalue weighted by Crippen LogP contribution is 2.26. The molecule has 1 aromatic heterocycles. The van der Waals surface area contributed by atoms with Gasteiger partial charge in [-0.15, -0.1) is 0 Å². The van der Waals surface area contributed by atoms with Crippen molar-refractivity contribution in [3.63, 3.8) is 0 Å². The van der Waals surface area contributed by atoms with E-state index in [0.717, 1.165) is 41.0 Å². The van der Waals surface area contributed by atoms with Gasteiger partial charge in [0.25, 0.3) is 0 Å². The Morgan fingerprint density at radius 1 is 1.12 bits per heavy atom. The Labute approximate surface area is 193 Å². The zero-order valence-corrected chi connectivity index (χ0v) is 20.5. The lowest BCUT2D eigenvalue weighted by atomic mass is 9.95. The molecule has 0 spiro atoms. The second-order valence-corrected chi connectivity index (χ2v) is 9.30. The number of nitrogens with two attached hydrogens (primary N) is 1. The molecule has 1 aromatic carbocycles. The third-order valence-electron chi connectivity index (χ3n) is 5.55. The topological polar surface area (TPSA) is 77.7 Å². The highest BCUT2D eigenvalue weighted by molar-refractivity contribution is 5.68. The number of carbonyl (C=O) groups is 1. The van der Waals surface area contributed by atoms with E-state index in [1.807, 2.05) is 65.2 Å². The SMILES string of the molecule is CN(C(=O)OC(C)(C)C)C1CCCCC1.COc1ccc(-c2ccc(C)nc2)cc1CN. The second-order valence-electron chi connectivity index (χ2n) is 9.30. The third kappa shape index (κ3) is 7.83. The fourth-order valence-corrected chi connectivity index (χ4v) is 3.71. The van der Waals surface area contributed by atoms with Crippen molar-refractivity contribution in [1.82, 2.24) is 9.88 Å². The molecule has 1 heterocycles. The van der Waals surface area contributed by atoms with Crippen molar-refractivity contribution in [3.05, 3.63) is 47.8 Å². The minimum Gasteiger partial charge on any atom is -0.496 e. The number of aryl methyl sites for hydroxylation is 1. The van der Waals surface area contributed by atoms with Gasteiger partial charge in [0.2, 0.25) is 0 Å². The van der Waals surface area contributed by atoms with Gasteiger partial charge >= 0.3 is 6.09 Å². The minimum atomic E-state index is -0.389. The molecule has 0 bridgehead atoms. The van der Waals surface area contributed by atoms with Crippen molar-refractivity contribution in [3.8, 4) is 16.9 Å². The maximum Gasteiger partial charge on any atom is 0.410 e. The largest absolute Gasteiger partial charge is 0.496 e. The Hall–Kier alpha value is -2.60. The van der Waals surface area contributed by atoms with Gasteiger partial charge in [-0.3, -0.25) is 4.98 Å². The Morgan fingerprint density at radius 3 is 2.31 bits per heavy atom. The first-order valence-electron chi connectivity index (χ1n) is 11.4. The van der Waals surface area contributed by atoms with E-state index in [-0.39, 0.29) is 11.7 Å². The zero-order valence-electron chi connectivity index (χ0n) is 20.5. The fourth-order valence-electron chi connectivity index (χ4n) is 3.71. The first-order valence-corrected chi connectivity index (χ1v) is 11.4. The summed E-state index contributed by atoms with van der Waals surface area (Å²) >= 11 is 0. The van der Waals surface area contributed by atoms with Crippen LogP contribution < -0.4 is 10.5 Å². The van der Waals surface area contributed by atoms with Crippen molar-refractivity contribution >= 4 is 6.09 Å². The molecule has 2 aromatic rings. The molecule has 6 heteroatoms. The van der Waals surface area contributed by atoms with Gasteiger partial charge in [-0.25, -0.2) is 4.79 Å². The van der Waals surface area contributed by atoms with Crippen molar-refractivity contribution in [2.24, 2.45) is 5.73 Å². The van der Waals surface area contributed by atoms with Crippen LogP contribution in [0.15, 0.2) is 36.5 Å². The summed E-state index contributed by atoms with van der Waals surface area (Å²) in [4.78, 5) is 17.8. The van der Waals surface area contributed by atoms with Gasteiger partial charge in [0.15, 0.2) is 0 Å². The lowest BCUT2D eigenvalue weighted by Crippen LogP contribution is -2.41. The van der Waals surface area contributed by atoms with E-state index in [4.69, 9.17) is 15.2 Å². The van der Waals surface area contributed by atoms with Crippen LogP contribution in [0.5, 0.6) is 5.75 Å². The van der Waals surface area contributed by atoms with E-state index in [0.29, 0.717) is 12.6 Å². The summed E-state index contributed by atoms with van der Waals surface area (Å²) in [6.07, 6.45) is 7.70. The van der Waals surface area contributed by atoms with E-state index in [1.54, 1.807) is 12.0 Å². The number of aromatic nitrogens is 1. The van der Waals surface area contributed by atoms with Crippen molar-refractivity contribution in [1.29, 1.82) is 0 Å². The van der Waals surface area contributed by atoms with Gasteiger partial charge in [-0.05, 0) is 64.3 Å². The number of ether oxygens (including phenoxy) is 2. The van der Waals surface area contributed by atoms with Crippen LogP contribution >= 0.6 is 0 Å². The molecule has 176 valence electrons. The summed E-state index contributed by atoms with van der Waals surface area (Å²) < 4.78 is 10.6. The standard InChI is InChI=1S/C14H16N2O.C12H23NO2/c1-10-3-4-12(9-16-10)11-5-6-14(17-2)13(7-11)8-15;1-12(2,3)15-11(14)13(4)10-8-6-5-7-9-10/h3-7,9H,8,15H2,1-2H3;10H,5-9H2,1-4H3. The Balaban J connectivity index is 0.000000229. The number of nitrogens with zero attached hydrogens (tertiary/aromatic N) is 2. The smallest absolute Gasteiger partial charge is 0.410 e. The summed E-state index contributed by atoms with van der Waals surface area (Å²) in [5.41, 5.74) is 9.53. The predicted octanol–water partition coefficient (Wildman–Crippen LogP) is 5.71. The van der Waals surface area contributed by atoms with Crippen molar-refractivity contribution < 1.29 is 14.3 Å². The molecular weight excluding hydrogens is 402 g/mol. The quantitative estimate of drug-likeness (QED) is 0.657. The summed E-state index contributed by atoms with van der Waals surface area (Å²) in [6.45, 7) is 8.15. The Bertz CT molecular complexity index is 854. The minimum absolute atomic E-state index is 0.186. The van der Waals surface area contributed by atoms with Gasteiger partial charge in [0, 0.05) is 42.7 Å². The van der Waals surface area contributed by atoms with Gasteiger partial charge in [0.05, 0.1) is 7.11 Å². The van der Waals surface area contributed by atoms with Crippen LogP contribution in [-0.2, 0) is 11.3 Å². The average Bonchev–Trinajstić information content (AvgIpc) is 2.78. The predicted molar refractivity (Wildman–Crippen MR) is 130 cm³/mol. The number of methoxy groups -OCH3 is 1. The van der Waals surface area contributed by atoms with Gasteiger partial charge in [0.1, 0.15) is 11.4 Å². The highest BCUT2D eigenvalue weighted by Gasteiger charge is 2.26. The van der Waals surface area contributed by atoms with E-state index < -0.39 is 0 Å². The van der Waals surface area contributed by atoms with Crippen LogP contribution in [0.25, 0.3) is 11.1 Å². The molecule has 3 rings (SSSR count). The number of hydrogen-bond acceptors (Lipinski definition) is 5. The van der Waals surface area contributed by atoms with E-state index in [1.165, 1.54) is 19.3 Å². The van der Waals surface area contributed by atoms with Crippen LogP contribution in [0.3, 0.4) is 0 Å². The first kappa shape index (κ1) is 25.7. The molecule has 2 N–H and O–H groups in total. The molecule has 0 unspecified atom stereocenters. The lowest BCUT2D eigenvalue weighted by Gasteiger charge is -2.32. The molecule has 0 aliphatic heterocycles. The number of carbonyl (C=O) groups excluding carboxylic acids is 1. The molecule has 1 aliphatic rings. The maximum atomic E-state index is 11.8. The molecule has 0 atom stereocenters. The van der Waals surface area contributed by atoms with Crippen LogP contribution in [0.1, 0.15) is 64.1 Å². The third-order valence-corrected chi connectivity index (χ3v) is 5.55. The second kappa shape index (κ2) is 11.9. The molecule has 1 saturated carbocycles. The van der Waals surface area contributed by atoms with Crippen molar-refractivity contribution in [2.45, 2.75) is 78.0 Å². The Morgan fingerprint density at radius 2 is 1.78 bits per heavy atom. The fraction of sp³-hybridized carbons (Fsp3) is 0.538. The first-order chi connectivity index (χ1) is 15.1. The summed E-state index contributed by atoms with van der Waals surface area (Å²) in [7, 11) is 3.51. The molecule has 32 heavy (non-hydrogen) atoms. The van der Waals surface area contributed by atoms with E-state index >= 15 is 0 Å². The monoisotopic (exact) mass is 441 g/mol. The summed E-state index contributed by atoms with van der Waals surface area (Å²) in [6, 6.07) is 10.5. The molecule has 1 amide bonds. The molecule has 1 aliphatic carbocycles. The number of benzene rings is 1. The number of pyridine rings is 1. The number of rotatable bonds is 4. The van der Waals surface area contributed by atoms with Crippen LogP contribution in [-0.4, -0.2) is 41.8 Å². The lowest BCUT2D eigenvalue weighted by molar-refractivity contribution is 0.0189. The molecule has 0 radical (unpaired) electrons. The summed E-state index contributed by atoms with van der Waals surface area (Å²) in [5.74, 6) is 0.830. The van der Waals surface area contributed by atoms with Crippen molar-refractivity contribution in [2.75, 3.05) is 14.2 Å². The molecule has 0 saturated heterocycles. The average molecular weight is 442 g/mol. The van der Waals surface area contributed by atoms with E-state index in [2.05, 4.69) is 11.1 Å². The van der Waals surface area contributed by atoms with Gasteiger partial charge in [-0.1, -0.05) is 31.4 Å². The van der Waals surface area contributed by atoms with Crippen LogP contribution in [0, 0.1) is 6.92 Å². The zero-order chi connectivity index (χ0) is 23.7. The van der Waals surface area contributed by atoms with E-state index in [9.17, 15) is 4.79 Å². The number of amides is 1. The van der Waals surface area contributed by atoms with Crippen LogP contribution in [0.2, 0.25) is 0 Å².